The summed E-state index contributed by atoms with van der Waals surface area (Å²) < 4.78 is 0. The van der Waals surface area contributed by atoms with Crippen molar-refractivity contribution >= 4 is 17.5 Å². The molecular formula is C10H15NOS. The number of nitriles is 1. The van der Waals surface area contributed by atoms with Crippen molar-refractivity contribution in [2.24, 2.45) is 0 Å². The molecule has 0 N–H and O–H groups in total. The van der Waals surface area contributed by atoms with Crippen LogP contribution >= 0.6 is 11.8 Å². The molecule has 2 nitrogen and oxygen atoms in total. The van der Waals surface area contributed by atoms with Crippen LogP contribution in [0.5, 0.6) is 0 Å². The highest BCUT2D eigenvalue weighted by Gasteiger charge is 1.93. The van der Waals surface area contributed by atoms with Gasteiger partial charge in [-0.3, -0.25) is 4.79 Å². The molecule has 13 heavy (non-hydrogen) atoms. The number of rotatable bonds is 7. The summed E-state index contributed by atoms with van der Waals surface area (Å²) in [6.07, 6.45) is 8.36. The summed E-state index contributed by atoms with van der Waals surface area (Å²) in [4.78, 5) is 11.1. The van der Waals surface area contributed by atoms with E-state index in [2.05, 4.69) is 6.07 Å². The van der Waals surface area contributed by atoms with Gasteiger partial charge < -0.3 is 0 Å². The molecule has 0 rings (SSSR count). The number of carbonyl (C=O) groups excluding carboxylic acids is 1. The number of unbranched alkanes of at least 4 members (excludes halogenated alkanes) is 2. The lowest BCUT2D eigenvalue weighted by Crippen LogP contribution is -1.93. The van der Waals surface area contributed by atoms with E-state index in [0.717, 1.165) is 18.6 Å². The Kier molecular flexibility index (Phi) is 8.80. The molecule has 0 saturated carbocycles. The smallest absolute Gasteiger partial charge is 0.156 e. The monoisotopic (exact) mass is 197 g/mol. The van der Waals surface area contributed by atoms with Gasteiger partial charge in [-0.15, -0.1) is 0 Å². The van der Waals surface area contributed by atoms with E-state index in [9.17, 15) is 4.79 Å². The predicted molar refractivity (Wildman–Crippen MR) is 56.6 cm³/mol. The van der Waals surface area contributed by atoms with Gasteiger partial charge >= 0.3 is 0 Å². The van der Waals surface area contributed by atoms with E-state index >= 15 is 0 Å². The summed E-state index contributed by atoms with van der Waals surface area (Å²) in [7, 11) is 0. The molecule has 0 aliphatic heterocycles. The summed E-state index contributed by atoms with van der Waals surface area (Å²) in [5.41, 5.74) is 0. The summed E-state index contributed by atoms with van der Waals surface area (Å²) in [6.45, 7) is 0. The highest BCUT2D eigenvalue weighted by Crippen LogP contribution is 1.99. The van der Waals surface area contributed by atoms with Crippen LogP contribution in [0.3, 0.4) is 0 Å². The highest BCUT2D eigenvalue weighted by molar-refractivity contribution is 7.98. The summed E-state index contributed by atoms with van der Waals surface area (Å²) in [5, 5.41) is 8.25. The van der Waals surface area contributed by atoms with E-state index in [4.69, 9.17) is 5.26 Å². The third kappa shape index (κ3) is 9.16. The first-order valence-corrected chi connectivity index (χ1v) is 5.76. The predicted octanol–water partition coefficient (Wildman–Crippen LogP) is 2.56. The number of thioether (sulfide) groups is 1. The Labute approximate surface area is 84.0 Å². The number of carbonyl (C=O) groups is 1. The van der Waals surface area contributed by atoms with E-state index in [1.807, 2.05) is 12.3 Å². The number of hydrogen-bond donors (Lipinski definition) is 0. The molecule has 0 aromatic heterocycles. The minimum Gasteiger partial charge on any atom is -0.295 e. The zero-order chi connectivity index (χ0) is 9.94. The van der Waals surface area contributed by atoms with Crippen LogP contribution in [0.15, 0.2) is 12.2 Å². The second-order valence-corrected chi connectivity index (χ2v) is 3.65. The first kappa shape index (κ1) is 12.2. The van der Waals surface area contributed by atoms with E-state index in [1.54, 1.807) is 17.8 Å². The fourth-order valence-electron chi connectivity index (χ4n) is 0.800. The lowest BCUT2D eigenvalue weighted by Gasteiger charge is -1.91. The van der Waals surface area contributed by atoms with Crippen LogP contribution in [0.2, 0.25) is 0 Å². The lowest BCUT2D eigenvalue weighted by molar-refractivity contribution is -0.114. The topological polar surface area (TPSA) is 40.9 Å². The fourth-order valence-corrected chi connectivity index (χ4v) is 1.21. The average molecular weight is 197 g/mol. The van der Waals surface area contributed by atoms with Crippen LogP contribution in [-0.2, 0) is 4.79 Å². The van der Waals surface area contributed by atoms with Crippen LogP contribution in [0.25, 0.3) is 0 Å². The molecule has 0 atom stereocenters. The molecule has 0 spiro atoms. The quantitative estimate of drug-likeness (QED) is 0.465. The summed E-state index contributed by atoms with van der Waals surface area (Å²) >= 11 is 1.68. The normalized spacial score (nSPS) is 10.2. The SMILES string of the molecule is CSCCC(=O)/C=C/CCCC#N. The number of allylic oxidation sites excluding steroid dienone is 2. The Hall–Kier alpha value is -0.750. The van der Waals surface area contributed by atoms with Crippen molar-refractivity contribution in [1.82, 2.24) is 0 Å². The molecule has 0 unspecified atom stereocenters. The minimum atomic E-state index is 0.186. The van der Waals surface area contributed by atoms with Gasteiger partial charge in [-0.2, -0.15) is 17.0 Å². The molecule has 0 radical (unpaired) electrons. The van der Waals surface area contributed by atoms with E-state index < -0.39 is 0 Å². The Morgan fingerprint density at radius 3 is 3.00 bits per heavy atom. The van der Waals surface area contributed by atoms with Crippen molar-refractivity contribution < 1.29 is 4.79 Å². The van der Waals surface area contributed by atoms with Gasteiger partial charge in [0.2, 0.25) is 0 Å². The van der Waals surface area contributed by atoms with Crippen molar-refractivity contribution in [1.29, 1.82) is 5.26 Å². The second-order valence-electron chi connectivity index (χ2n) is 2.66. The molecule has 0 aliphatic carbocycles. The van der Waals surface area contributed by atoms with Gasteiger partial charge in [0.1, 0.15) is 0 Å². The van der Waals surface area contributed by atoms with Gasteiger partial charge in [-0.25, -0.2) is 0 Å². The first-order chi connectivity index (χ1) is 6.31. The molecule has 0 amide bonds. The van der Waals surface area contributed by atoms with Gasteiger partial charge in [0.05, 0.1) is 6.07 Å². The van der Waals surface area contributed by atoms with Crippen LogP contribution in [0, 0.1) is 11.3 Å². The molecule has 0 aliphatic rings. The zero-order valence-corrected chi connectivity index (χ0v) is 8.77. The van der Waals surface area contributed by atoms with Crippen molar-refractivity contribution in [2.45, 2.75) is 25.7 Å². The second kappa shape index (κ2) is 9.34. The van der Waals surface area contributed by atoms with Crippen molar-refractivity contribution in [3.8, 4) is 6.07 Å². The van der Waals surface area contributed by atoms with Gasteiger partial charge in [0.25, 0.3) is 0 Å². The molecule has 0 saturated heterocycles. The van der Waals surface area contributed by atoms with Crippen LogP contribution in [0.1, 0.15) is 25.7 Å². The van der Waals surface area contributed by atoms with Crippen molar-refractivity contribution in [3.05, 3.63) is 12.2 Å². The Bertz CT molecular complexity index is 205. The number of ketones is 1. The number of hydrogen-bond acceptors (Lipinski definition) is 3. The molecule has 0 bridgehead atoms. The zero-order valence-electron chi connectivity index (χ0n) is 7.95. The Balaban J connectivity index is 3.38. The Morgan fingerprint density at radius 2 is 2.38 bits per heavy atom. The molecule has 0 aromatic rings. The first-order valence-electron chi connectivity index (χ1n) is 4.36. The van der Waals surface area contributed by atoms with E-state index in [1.165, 1.54) is 0 Å². The molecule has 0 heterocycles. The maximum atomic E-state index is 11.1. The van der Waals surface area contributed by atoms with Gasteiger partial charge in [0.15, 0.2) is 5.78 Å². The average Bonchev–Trinajstić information content (AvgIpc) is 2.14. The molecule has 72 valence electrons. The number of nitrogens with zero attached hydrogens (tertiary/aromatic N) is 1. The maximum absolute atomic E-state index is 11.1. The van der Waals surface area contributed by atoms with Gasteiger partial charge in [-0.1, -0.05) is 6.08 Å². The molecule has 0 fully saturated rings. The largest absolute Gasteiger partial charge is 0.295 e. The summed E-state index contributed by atoms with van der Waals surface area (Å²) in [6, 6.07) is 2.07. The molecule has 0 aromatic carbocycles. The van der Waals surface area contributed by atoms with Crippen molar-refractivity contribution in [2.75, 3.05) is 12.0 Å². The lowest BCUT2D eigenvalue weighted by atomic mass is 10.2. The maximum Gasteiger partial charge on any atom is 0.156 e. The van der Waals surface area contributed by atoms with E-state index in [-0.39, 0.29) is 5.78 Å². The van der Waals surface area contributed by atoms with Gasteiger partial charge in [-0.05, 0) is 25.2 Å². The Morgan fingerprint density at radius 1 is 1.62 bits per heavy atom. The minimum absolute atomic E-state index is 0.186. The highest BCUT2D eigenvalue weighted by atomic mass is 32.2. The molecular weight excluding hydrogens is 182 g/mol. The van der Waals surface area contributed by atoms with E-state index in [0.29, 0.717) is 12.8 Å². The summed E-state index contributed by atoms with van der Waals surface area (Å²) in [5.74, 6) is 1.08. The van der Waals surface area contributed by atoms with Crippen LogP contribution < -0.4 is 0 Å². The van der Waals surface area contributed by atoms with Gasteiger partial charge in [0, 0.05) is 18.6 Å². The standard InChI is InChI=1S/C10H15NOS/c1-13-9-7-10(12)6-4-2-3-5-8-11/h4,6H,2-3,5,7,9H2,1H3/b6-4+. The van der Waals surface area contributed by atoms with Crippen molar-refractivity contribution in [3.63, 3.8) is 0 Å². The third-order valence-electron chi connectivity index (χ3n) is 1.52. The van der Waals surface area contributed by atoms with Crippen LogP contribution in [0.4, 0.5) is 0 Å². The third-order valence-corrected chi connectivity index (χ3v) is 2.13. The fraction of sp³-hybridized carbons (Fsp3) is 0.600. The molecule has 3 heteroatoms. The van der Waals surface area contributed by atoms with Crippen LogP contribution in [-0.4, -0.2) is 17.8 Å².